The second-order valence-corrected chi connectivity index (χ2v) is 6.86. The van der Waals surface area contributed by atoms with Crippen molar-refractivity contribution in [1.82, 2.24) is 0 Å². The van der Waals surface area contributed by atoms with Crippen LogP contribution in [0, 0.1) is 6.92 Å². The van der Waals surface area contributed by atoms with Crippen LogP contribution in [0.5, 0.6) is 5.75 Å². The van der Waals surface area contributed by atoms with Gasteiger partial charge in [0.25, 0.3) is 0 Å². The number of carbonyl (C=O) groups is 1. The molecule has 0 bridgehead atoms. The lowest BCUT2D eigenvalue weighted by Gasteiger charge is -2.06. The Balaban J connectivity index is 2.26. The number of ketones is 1. The number of thiophene rings is 1. The first-order chi connectivity index (χ1) is 9.11. The Labute approximate surface area is 125 Å². The average molecular weight is 339 g/mol. The highest BCUT2D eigenvalue weighted by Crippen LogP contribution is 2.28. The predicted molar refractivity (Wildman–Crippen MR) is 82.4 cm³/mol. The van der Waals surface area contributed by atoms with Crippen LogP contribution in [0.1, 0.15) is 34.1 Å². The molecule has 0 aliphatic heterocycles. The zero-order valence-corrected chi connectivity index (χ0v) is 13.3. The molecule has 0 saturated carbocycles. The molecule has 0 N–H and O–H groups in total. The van der Waals surface area contributed by atoms with Gasteiger partial charge in [-0.15, -0.1) is 11.3 Å². The summed E-state index contributed by atoms with van der Waals surface area (Å²) in [5, 5.41) is 0. The molecule has 0 spiro atoms. The smallest absolute Gasteiger partial charge is 0.194 e. The zero-order chi connectivity index (χ0) is 13.8. The standard InChI is InChI=1S/C15H15BrO2S/c1-3-7-18-12-6-4-5-11(8-12)15(17)13-9-14(16)19-10(13)2/h4-6,8-9H,3,7H2,1-2H3. The highest BCUT2D eigenvalue weighted by molar-refractivity contribution is 9.11. The zero-order valence-electron chi connectivity index (χ0n) is 10.9. The summed E-state index contributed by atoms with van der Waals surface area (Å²) in [6.07, 6.45) is 0.953. The Morgan fingerprint density at radius 2 is 2.16 bits per heavy atom. The Bertz CT molecular complexity index is 590. The molecule has 0 unspecified atom stereocenters. The summed E-state index contributed by atoms with van der Waals surface area (Å²) < 4.78 is 6.54. The maximum atomic E-state index is 12.4. The fraction of sp³-hybridized carbons (Fsp3) is 0.267. The van der Waals surface area contributed by atoms with Crippen molar-refractivity contribution in [2.45, 2.75) is 20.3 Å². The first-order valence-corrected chi connectivity index (χ1v) is 7.76. The molecule has 1 aromatic carbocycles. The summed E-state index contributed by atoms with van der Waals surface area (Å²) in [7, 11) is 0. The molecular weight excluding hydrogens is 324 g/mol. The molecule has 2 rings (SSSR count). The average Bonchev–Trinajstić information content (AvgIpc) is 2.75. The van der Waals surface area contributed by atoms with Crippen molar-refractivity contribution in [1.29, 1.82) is 0 Å². The van der Waals surface area contributed by atoms with Gasteiger partial charge in [0, 0.05) is 16.0 Å². The number of halogens is 1. The lowest BCUT2D eigenvalue weighted by molar-refractivity contribution is 0.103. The number of hydrogen-bond acceptors (Lipinski definition) is 3. The van der Waals surface area contributed by atoms with Gasteiger partial charge in [-0.2, -0.15) is 0 Å². The normalized spacial score (nSPS) is 10.5. The van der Waals surface area contributed by atoms with E-state index in [0.29, 0.717) is 12.2 Å². The van der Waals surface area contributed by atoms with Gasteiger partial charge in [-0.25, -0.2) is 0 Å². The van der Waals surface area contributed by atoms with Gasteiger partial charge in [0.05, 0.1) is 10.4 Å². The van der Waals surface area contributed by atoms with Crippen LogP contribution in [-0.4, -0.2) is 12.4 Å². The first kappa shape index (κ1) is 14.3. The molecule has 0 aliphatic rings. The van der Waals surface area contributed by atoms with Crippen LogP contribution in [0.25, 0.3) is 0 Å². The summed E-state index contributed by atoms with van der Waals surface area (Å²) in [5.41, 5.74) is 1.42. The van der Waals surface area contributed by atoms with E-state index in [4.69, 9.17) is 4.74 Å². The van der Waals surface area contributed by atoms with Crippen LogP contribution >= 0.6 is 27.3 Å². The highest BCUT2D eigenvalue weighted by atomic mass is 79.9. The molecule has 2 aromatic rings. The van der Waals surface area contributed by atoms with E-state index in [-0.39, 0.29) is 5.78 Å². The third kappa shape index (κ3) is 3.45. The number of ether oxygens (including phenoxy) is 1. The molecule has 0 amide bonds. The van der Waals surface area contributed by atoms with Crippen molar-refractivity contribution in [2.75, 3.05) is 6.61 Å². The number of aryl methyl sites for hydroxylation is 1. The van der Waals surface area contributed by atoms with Crippen LogP contribution in [0.4, 0.5) is 0 Å². The number of carbonyl (C=O) groups excluding carboxylic acids is 1. The van der Waals surface area contributed by atoms with Crippen molar-refractivity contribution in [3.05, 3.63) is 50.1 Å². The molecule has 0 atom stereocenters. The summed E-state index contributed by atoms with van der Waals surface area (Å²) in [6, 6.07) is 9.24. The molecule has 0 fully saturated rings. The predicted octanol–water partition coefficient (Wildman–Crippen LogP) is 4.84. The molecule has 0 saturated heterocycles. The van der Waals surface area contributed by atoms with Gasteiger partial charge in [-0.05, 0) is 47.5 Å². The van der Waals surface area contributed by atoms with E-state index in [1.54, 1.807) is 11.3 Å². The quantitative estimate of drug-likeness (QED) is 0.729. The van der Waals surface area contributed by atoms with Gasteiger partial charge in [-0.1, -0.05) is 19.1 Å². The molecule has 1 aromatic heterocycles. The lowest BCUT2D eigenvalue weighted by Crippen LogP contribution is -2.02. The maximum absolute atomic E-state index is 12.4. The monoisotopic (exact) mass is 338 g/mol. The van der Waals surface area contributed by atoms with Crippen LogP contribution in [0.3, 0.4) is 0 Å². The summed E-state index contributed by atoms with van der Waals surface area (Å²) in [4.78, 5) is 13.5. The van der Waals surface area contributed by atoms with Gasteiger partial charge < -0.3 is 4.74 Å². The molecule has 0 radical (unpaired) electrons. The maximum Gasteiger partial charge on any atom is 0.194 e. The largest absolute Gasteiger partial charge is 0.494 e. The summed E-state index contributed by atoms with van der Waals surface area (Å²) >= 11 is 4.99. The third-order valence-electron chi connectivity index (χ3n) is 2.70. The van der Waals surface area contributed by atoms with Crippen LogP contribution in [0.2, 0.25) is 0 Å². The molecule has 4 heteroatoms. The minimum absolute atomic E-state index is 0.0430. The van der Waals surface area contributed by atoms with Gasteiger partial charge >= 0.3 is 0 Å². The number of benzene rings is 1. The van der Waals surface area contributed by atoms with Gasteiger partial charge in [0.2, 0.25) is 0 Å². The highest BCUT2D eigenvalue weighted by Gasteiger charge is 2.15. The molecule has 100 valence electrons. The Morgan fingerprint density at radius 3 is 2.79 bits per heavy atom. The van der Waals surface area contributed by atoms with Gasteiger partial charge in [0.1, 0.15) is 5.75 Å². The van der Waals surface area contributed by atoms with Crippen molar-refractivity contribution in [2.24, 2.45) is 0 Å². The molecule has 2 nitrogen and oxygen atoms in total. The van der Waals surface area contributed by atoms with Gasteiger partial charge in [0.15, 0.2) is 5.78 Å². The molecular formula is C15H15BrO2S. The van der Waals surface area contributed by atoms with E-state index in [2.05, 4.69) is 22.9 Å². The van der Waals surface area contributed by atoms with E-state index in [1.807, 2.05) is 37.3 Å². The Hall–Kier alpha value is -1.13. The first-order valence-electron chi connectivity index (χ1n) is 6.15. The van der Waals surface area contributed by atoms with Crippen molar-refractivity contribution in [3.8, 4) is 5.75 Å². The molecule has 1 heterocycles. The minimum atomic E-state index is 0.0430. The Morgan fingerprint density at radius 1 is 1.37 bits per heavy atom. The molecule has 0 aliphatic carbocycles. The van der Waals surface area contributed by atoms with Crippen molar-refractivity contribution in [3.63, 3.8) is 0 Å². The van der Waals surface area contributed by atoms with E-state index in [1.165, 1.54) is 0 Å². The minimum Gasteiger partial charge on any atom is -0.494 e. The summed E-state index contributed by atoms with van der Waals surface area (Å²) in [5.74, 6) is 0.793. The second-order valence-electron chi connectivity index (χ2n) is 4.23. The number of hydrogen-bond donors (Lipinski definition) is 0. The second kappa shape index (κ2) is 6.35. The van der Waals surface area contributed by atoms with Crippen molar-refractivity contribution < 1.29 is 9.53 Å². The SMILES string of the molecule is CCCOc1cccc(C(=O)c2cc(Br)sc2C)c1. The van der Waals surface area contributed by atoms with Crippen LogP contribution in [-0.2, 0) is 0 Å². The topological polar surface area (TPSA) is 26.3 Å². The van der Waals surface area contributed by atoms with Crippen molar-refractivity contribution >= 4 is 33.0 Å². The fourth-order valence-corrected chi connectivity index (χ4v) is 3.46. The van der Waals surface area contributed by atoms with Gasteiger partial charge in [-0.3, -0.25) is 4.79 Å². The Kier molecular flexibility index (Phi) is 4.77. The lowest BCUT2D eigenvalue weighted by atomic mass is 10.0. The third-order valence-corrected chi connectivity index (χ3v) is 4.25. The van der Waals surface area contributed by atoms with E-state index >= 15 is 0 Å². The number of rotatable bonds is 5. The van der Waals surface area contributed by atoms with E-state index in [9.17, 15) is 4.79 Å². The molecule has 19 heavy (non-hydrogen) atoms. The van der Waals surface area contributed by atoms with E-state index < -0.39 is 0 Å². The summed E-state index contributed by atoms with van der Waals surface area (Å²) in [6.45, 7) is 4.68. The van der Waals surface area contributed by atoms with Crippen LogP contribution in [0.15, 0.2) is 34.1 Å². The van der Waals surface area contributed by atoms with E-state index in [0.717, 1.165) is 26.4 Å². The fourth-order valence-electron chi connectivity index (χ4n) is 1.77. The van der Waals surface area contributed by atoms with Crippen LogP contribution < -0.4 is 4.74 Å².